The highest BCUT2D eigenvalue weighted by Crippen LogP contribution is 2.25. The van der Waals surface area contributed by atoms with Gasteiger partial charge in [0.05, 0.1) is 13.2 Å². The summed E-state index contributed by atoms with van der Waals surface area (Å²) in [4.78, 5) is 12.3. The first-order valence-electron chi connectivity index (χ1n) is 8.74. The van der Waals surface area contributed by atoms with Gasteiger partial charge >= 0.3 is 0 Å². The number of nitrogens with one attached hydrogen (secondary N) is 1. The molecule has 2 aromatic carbocycles. The van der Waals surface area contributed by atoms with Crippen molar-refractivity contribution in [3.05, 3.63) is 78.1 Å². The minimum atomic E-state index is -0.116. The summed E-state index contributed by atoms with van der Waals surface area (Å²) < 4.78 is 11.2. The minimum absolute atomic E-state index is 0.0129. The van der Waals surface area contributed by atoms with Crippen molar-refractivity contribution in [2.45, 2.75) is 25.8 Å². The second-order valence-corrected chi connectivity index (χ2v) is 6.16. The zero-order chi connectivity index (χ0) is 18.4. The van der Waals surface area contributed by atoms with E-state index in [1.165, 1.54) is 0 Å². The van der Waals surface area contributed by atoms with Crippen molar-refractivity contribution in [3.63, 3.8) is 0 Å². The number of benzene rings is 2. The topological polar surface area (TPSA) is 51.5 Å². The number of amides is 1. The van der Waals surface area contributed by atoms with E-state index in [0.29, 0.717) is 12.8 Å². The summed E-state index contributed by atoms with van der Waals surface area (Å²) in [7, 11) is 1.63. The van der Waals surface area contributed by atoms with Crippen LogP contribution in [0.2, 0.25) is 0 Å². The van der Waals surface area contributed by atoms with E-state index in [2.05, 4.69) is 5.32 Å². The van der Waals surface area contributed by atoms with Gasteiger partial charge in [-0.25, -0.2) is 0 Å². The van der Waals surface area contributed by atoms with Crippen LogP contribution in [0.3, 0.4) is 0 Å². The lowest BCUT2D eigenvalue weighted by atomic mass is 10.1. The van der Waals surface area contributed by atoms with Gasteiger partial charge in [0.2, 0.25) is 5.91 Å². The van der Waals surface area contributed by atoms with Crippen LogP contribution in [0, 0.1) is 0 Å². The Morgan fingerprint density at radius 3 is 2.54 bits per heavy atom. The lowest BCUT2D eigenvalue weighted by Crippen LogP contribution is -2.27. The average molecular weight is 349 g/mol. The zero-order valence-electron chi connectivity index (χ0n) is 15.1. The van der Waals surface area contributed by atoms with Crippen molar-refractivity contribution in [1.82, 2.24) is 5.32 Å². The van der Waals surface area contributed by atoms with E-state index in [9.17, 15) is 4.79 Å². The molecule has 0 bridgehead atoms. The van der Waals surface area contributed by atoms with Crippen LogP contribution in [0.1, 0.15) is 30.7 Å². The molecule has 4 nitrogen and oxygen atoms in total. The fraction of sp³-hybridized carbons (Fsp3) is 0.227. The van der Waals surface area contributed by atoms with Gasteiger partial charge in [-0.05, 0) is 25.1 Å². The zero-order valence-corrected chi connectivity index (χ0v) is 15.1. The number of carbonyl (C=O) groups is 1. The van der Waals surface area contributed by atoms with E-state index >= 15 is 0 Å². The fourth-order valence-electron chi connectivity index (χ4n) is 2.92. The molecule has 0 aliphatic rings. The Bertz CT molecular complexity index is 855. The average Bonchev–Trinajstić information content (AvgIpc) is 3.16. The van der Waals surface area contributed by atoms with Gasteiger partial charge in [0, 0.05) is 24.0 Å². The van der Waals surface area contributed by atoms with Crippen molar-refractivity contribution < 1.29 is 13.9 Å². The third-order valence-corrected chi connectivity index (χ3v) is 4.30. The van der Waals surface area contributed by atoms with Crippen molar-refractivity contribution in [2.24, 2.45) is 0 Å². The van der Waals surface area contributed by atoms with E-state index in [-0.39, 0.29) is 11.9 Å². The maximum absolute atomic E-state index is 12.3. The standard InChI is InChI=1S/C22H23NO3/c1-16(19-10-6-7-11-21(19)25-2)23-22(24)15-13-18-12-14-20(26-18)17-8-4-3-5-9-17/h3-12,14,16H,13,15H2,1-2H3,(H,23,24). The first kappa shape index (κ1) is 17.8. The number of aryl methyl sites for hydroxylation is 1. The Balaban J connectivity index is 1.55. The Kier molecular flexibility index (Phi) is 5.74. The molecule has 1 N–H and O–H groups in total. The quantitative estimate of drug-likeness (QED) is 0.669. The van der Waals surface area contributed by atoms with Gasteiger partial charge in [0.25, 0.3) is 0 Å². The highest BCUT2D eigenvalue weighted by molar-refractivity contribution is 5.76. The minimum Gasteiger partial charge on any atom is -0.496 e. The van der Waals surface area contributed by atoms with Gasteiger partial charge in [-0.15, -0.1) is 0 Å². The van der Waals surface area contributed by atoms with Gasteiger partial charge in [-0.2, -0.15) is 0 Å². The number of ether oxygens (including phenoxy) is 1. The number of para-hydroxylation sites is 1. The molecule has 1 atom stereocenters. The van der Waals surface area contributed by atoms with Crippen LogP contribution in [0.25, 0.3) is 11.3 Å². The fourth-order valence-corrected chi connectivity index (χ4v) is 2.92. The number of furan rings is 1. The number of methoxy groups -OCH3 is 1. The molecule has 4 heteroatoms. The smallest absolute Gasteiger partial charge is 0.220 e. The predicted octanol–water partition coefficient (Wildman–Crippen LogP) is 4.77. The number of rotatable bonds is 7. The maximum atomic E-state index is 12.3. The molecule has 3 rings (SSSR count). The predicted molar refractivity (Wildman–Crippen MR) is 102 cm³/mol. The molecule has 0 saturated carbocycles. The van der Waals surface area contributed by atoms with Crippen LogP contribution in [0.4, 0.5) is 0 Å². The second kappa shape index (κ2) is 8.39. The van der Waals surface area contributed by atoms with Crippen LogP contribution >= 0.6 is 0 Å². The number of hydrogen-bond donors (Lipinski definition) is 1. The van der Waals surface area contributed by atoms with E-state index in [0.717, 1.165) is 28.4 Å². The molecule has 0 spiro atoms. The summed E-state index contributed by atoms with van der Waals surface area (Å²) in [5.74, 6) is 2.40. The van der Waals surface area contributed by atoms with Crippen molar-refractivity contribution in [1.29, 1.82) is 0 Å². The molecule has 0 saturated heterocycles. The summed E-state index contributed by atoms with van der Waals surface area (Å²) in [6.07, 6.45) is 0.943. The molecule has 1 heterocycles. The van der Waals surface area contributed by atoms with E-state index in [4.69, 9.17) is 9.15 Å². The summed E-state index contributed by atoms with van der Waals surface area (Å²) in [5.41, 5.74) is 2.00. The van der Waals surface area contributed by atoms with Gasteiger partial charge in [-0.3, -0.25) is 4.79 Å². The maximum Gasteiger partial charge on any atom is 0.220 e. The second-order valence-electron chi connectivity index (χ2n) is 6.16. The van der Waals surface area contributed by atoms with Gasteiger partial charge < -0.3 is 14.5 Å². The van der Waals surface area contributed by atoms with Crippen LogP contribution in [-0.2, 0) is 11.2 Å². The van der Waals surface area contributed by atoms with E-state index < -0.39 is 0 Å². The number of carbonyl (C=O) groups excluding carboxylic acids is 1. The third-order valence-electron chi connectivity index (χ3n) is 4.30. The van der Waals surface area contributed by atoms with Gasteiger partial charge in [0.15, 0.2) is 0 Å². The van der Waals surface area contributed by atoms with E-state index in [1.807, 2.05) is 73.7 Å². The first-order chi connectivity index (χ1) is 12.7. The first-order valence-corrected chi connectivity index (χ1v) is 8.74. The van der Waals surface area contributed by atoms with Crippen LogP contribution in [0.5, 0.6) is 5.75 Å². The largest absolute Gasteiger partial charge is 0.496 e. The SMILES string of the molecule is COc1ccccc1C(C)NC(=O)CCc1ccc(-c2ccccc2)o1. The molecular weight excluding hydrogens is 326 g/mol. The molecule has 1 amide bonds. The van der Waals surface area contributed by atoms with Crippen molar-refractivity contribution in [2.75, 3.05) is 7.11 Å². The van der Waals surface area contributed by atoms with E-state index in [1.54, 1.807) is 7.11 Å². The molecule has 1 aromatic heterocycles. The van der Waals surface area contributed by atoms with Crippen LogP contribution < -0.4 is 10.1 Å². The van der Waals surface area contributed by atoms with Crippen LogP contribution in [0.15, 0.2) is 71.1 Å². The third kappa shape index (κ3) is 4.33. The molecule has 3 aromatic rings. The highest BCUT2D eigenvalue weighted by Gasteiger charge is 2.14. The normalized spacial score (nSPS) is 11.8. The van der Waals surface area contributed by atoms with Gasteiger partial charge in [0.1, 0.15) is 17.3 Å². The molecule has 1 unspecified atom stereocenters. The summed E-state index contributed by atoms with van der Waals surface area (Å²) in [6, 6.07) is 21.4. The molecule has 0 aliphatic heterocycles. The molecule has 0 radical (unpaired) electrons. The van der Waals surface area contributed by atoms with Crippen molar-refractivity contribution >= 4 is 5.91 Å². The Morgan fingerprint density at radius 2 is 1.77 bits per heavy atom. The Hall–Kier alpha value is -3.01. The lowest BCUT2D eigenvalue weighted by molar-refractivity contribution is -0.121. The van der Waals surface area contributed by atoms with Gasteiger partial charge in [-0.1, -0.05) is 48.5 Å². The van der Waals surface area contributed by atoms with Crippen molar-refractivity contribution in [3.8, 4) is 17.1 Å². The molecule has 26 heavy (non-hydrogen) atoms. The van der Waals surface area contributed by atoms with Crippen LogP contribution in [-0.4, -0.2) is 13.0 Å². The number of hydrogen-bond acceptors (Lipinski definition) is 3. The summed E-state index contributed by atoms with van der Waals surface area (Å²) >= 11 is 0. The monoisotopic (exact) mass is 349 g/mol. The molecular formula is C22H23NO3. The summed E-state index contributed by atoms with van der Waals surface area (Å²) in [6.45, 7) is 1.95. The molecule has 134 valence electrons. The summed E-state index contributed by atoms with van der Waals surface area (Å²) in [5, 5.41) is 3.02. The Labute approximate surface area is 153 Å². The molecule has 0 fully saturated rings. The molecule has 0 aliphatic carbocycles. The highest BCUT2D eigenvalue weighted by atomic mass is 16.5. The lowest BCUT2D eigenvalue weighted by Gasteiger charge is -2.17. The Morgan fingerprint density at radius 1 is 1.04 bits per heavy atom.